The molecule has 3 aliphatic rings. The van der Waals surface area contributed by atoms with Crippen molar-refractivity contribution in [1.29, 1.82) is 0 Å². The molecule has 1 spiro atoms. The molecule has 36 heavy (non-hydrogen) atoms. The van der Waals surface area contributed by atoms with Crippen molar-refractivity contribution in [3.63, 3.8) is 0 Å². The SMILES string of the molecule is CC(C)CCN1C[C@H]2C(=O)NC3(CCN(C(=O)c4ccc(Cl)c(F)c4)CC3)[C@H]2C1.O=C(O)C(F)(F)F. The van der Waals surface area contributed by atoms with Gasteiger partial charge < -0.3 is 20.2 Å². The van der Waals surface area contributed by atoms with Crippen LogP contribution >= 0.6 is 11.6 Å². The van der Waals surface area contributed by atoms with E-state index >= 15 is 0 Å². The van der Waals surface area contributed by atoms with Crippen molar-refractivity contribution in [2.45, 2.75) is 44.8 Å². The van der Waals surface area contributed by atoms with E-state index in [1.165, 1.54) is 12.1 Å². The summed E-state index contributed by atoms with van der Waals surface area (Å²) < 4.78 is 45.5. The summed E-state index contributed by atoms with van der Waals surface area (Å²) in [6.45, 7) is 8.43. The van der Waals surface area contributed by atoms with Crippen molar-refractivity contribution in [1.82, 2.24) is 15.1 Å². The Morgan fingerprint density at radius 2 is 1.83 bits per heavy atom. The van der Waals surface area contributed by atoms with E-state index in [9.17, 15) is 27.2 Å². The molecule has 3 fully saturated rings. The third-order valence-electron chi connectivity index (χ3n) is 7.19. The number of carbonyl (C=O) groups excluding carboxylic acids is 2. The summed E-state index contributed by atoms with van der Waals surface area (Å²) in [7, 11) is 0. The second-order valence-corrected chi connectivity index (χ2v) is 10.4. The molecule has 200 valence electrons. The molecule has 3 heterocycles. The van der Waals surface area contributed by atoms with Gasteiger partial charge in [-0.1, -0.05) is 25.4 Å². The van der Waals surface area contributed by atoms with E-state index in [-0.39, 0.29) is 28.3 Å². The average Bonchev–Trinajstić information content (AvgIpc) is 3.34. The number of rotatable bonds is 4. The summed E-state index contributed by atoms with van der Waals surface area (Å²) in [5.41, 5.74) is 0.105. The molecule has 1 aromatic carbocycles. The Morgan fingerprint density at radius 1 is 1.22 bits per heavy atom. The number of carbonyl (C=O) groups is 3. The number of piperidine rings is 1. The number of alkyl halides is 3. The first-order valence-electron chi connectivity index (χ1n) is 11.8. The second-order valence-electron chi connectivity index (χ2n) is 10.0. The van der Waals surface area contributed by atoms with E-state index in [1.54, 1.807) is 11.0 Å². The Kier molecular flexibility index (Phi) is 8.55. The lowest BCUT2D eigenvalue weighted by molar-refractivity contribution is -0.192. The fourth-order valence-electron chi connectivity index (χ4n) is 5.18. The zero-order chi connectivity index (χ0) is 26.8. The van der Waals surface area contributed by atoms with Crippen molar-refractivity contribution < 1.29 is 37.1 Å². The summed E-state index contributed by atoms with van der Waals surface area (Å²) in [5.74, 6) is -2.31. The number of hydrogen-bond acceptors (Lipinski definition) is 4. The van der Waals surface area contributed by atoms with Gasteiger partial charge in [-0.2, -0.15) is 13.2 Å². The van der Waals surface area contributed by atoms with Gasteiger partial charge in [0, 0.05) is 43.2 Å². The third kappa shape index (κ3) is 6.29. The van der Waals surface area contributed by atoms with Crippen molar-refractivity contribution in [3.8, 4) is 0 Å². The van der Waals surface area contributed by atoms with Gasteiger partial charge in [-0.15, -0.1) is 0 Å². The molecule has 2 amide bonds. The van der Waals surface area contributed by atoms with Gasteiger partial charge in [0.2, 0.25) is 5.91 Å². The number of nitrogens with zero attached hydrogens (tertiary/aromatic N) is 2. The first-order chi connectivity index (χ1) is 16.7. The number of nitrogens with one attached hydrogen (secondary N) is 1. The van der Waals surface area contributed by atoms with Crippen molar-refractivity contribution in [2.75, 3.05) is 32.7 Å². The molecule has 0 aliphatic carbocycles. The number of halogens is 5. The van der Waals surface area contributed by atoms with Crippen LogP contribution in [0.25, 0.3) is 0 Å². The monoisotopic (exact) mass is 535 g/mol. The van der Waals surface area contributed by atoms with Gasteiger partial charge in [-0.25, -0.2) is 9.18 Å². The standard InChI is InChI=1S/C22H29ClFN3O2.C2HF3O2/c1-14(2)5-8-26-12-16-17(13-26)22(25-20(16)28)6-9-27(10-7-22)21(29)15-3-4-18(23)19(24)11-15;3-2(4,5)1(6)7/h3-4,11,14,16-17H,5-10,12-13H2,1-2H3,(H,25,28);(H,6,7)/t16-,17+;/m1./s1. The van der Waals surface area contributed by atoms with Gasteiger partial charge in [-0.3, -0.25) is 9.59 Å². The maximum absolute atomic E-state index is 13.7. The molecule has 3 aliphatic heterocycles. The van der Waals surface area contributed by atoms with Crippen LogP contribution in [0.5, 0.6) is 0 Å². The number of benzene rings is 1. The minimum atomic E-state index is -5.08. The van der Waals surface area contributed by atoms with Crippen LogP contribution in [0.15, 0.2) is 18.2 Å². The van der Waals surface area contributed by atoms with Crippen LogP contribution in [0.2, 0.25) is 5.02 Å². The first kappa shape index (κ1) is 28.2. The molecule has 0 unspecified atom stereocenters. The van der Waals surface area contributed by atoms with Gasteiger partial charge in [0.15, 0.2) is 0 Å². The highest BCUT2D eigenvalue weighted by atomic mass is 35.5. The zero-order valence-electron chi connectivity index (χ0n) is 20.1. The summed E-state index contributed by atoms with van der Waals surface area (Å²) >= 11 is 5.73. The van der Waals surface area contributed by atoms with Crippen molar-refractivity contribution in [3.05, 3.63) is 34.6 Å². The van der Waals surface area contributed by atoms with Crippen LogP contribution in [0.1, 0.15) is 43.5 Å². The average molecular weight is 536 g/mol. The molecule has 0 aromatic heterocycles. The summed E-state index contributed by atoms with van der Waals surface area (Å²) in [5, 5.41) is 10.4. The number of fused-ring (bicyclic) bond motifs is 2. The van der Waals surface area contributed by atoms with Crippen LogP contribution in [-0.2, 0) is 9.59 Å². The lowest BCUT2D eigenvalue weighted by atomic mass is 9.75. The number of carboxylic acids is 1. The molecule has 1 aromatic rings. The number of amides is 2. The van der Waals surface area contributed by atoms with E-state index in [0.717, 1.165) is 38.9 Å². The quantitative estimate of drug-likeness (QED) is 0.572. The topological polar surface area (TPSA) is 90.0 Å². The van der Waals surface area contributed by atoms with Gasteiger partial charge in [0.1, 0.15) is 5.82 Å². The minimum Gasteiger partial charge on any atom is -0.475 e. The van der Waals surface area contributed by atoms with Gasteiger partial charge >= 0.3 is 12.1 Å². The molecule has 2 N–H and O–H groups in total. The minimum absolute atomic E-state index is 0.0158. The highest BCUT2D eigenvalue weighted by molar-refractivity contribution is 6.30. The first-order valence-corrected chi connectivity index (χ1v) is 12.2. The molecule has 2 atom stereocenters. The molecule has 0 saturated carbocycles. The molecule has 7 nitrogen and oxygen atoms in total. The Hall–Kier alpha value is -2.40. The van der Waals surface area contributed by atoms with Crippen LogP contribution in [-0.4, -0.2) is 77.1 Å². The van der Waals surface area contributed by atoms with Crippen molar-refractivity contribution >= 4 is 29.4 Å². The number of aliphatic carboxylic acids is 1. The molecule has 12 heteroatoms. The van der Waals surface area contributed by atoms with Gasteiger partial charge in [-0.05, 0) is 49.9 Å². The Bertz CT molecular complexity index is 996. The predicted molar refractivity (Wildman–Crippen MR) is 124 cm³/mol. The van der Waals surface area contributed by atoms with Crippen molar-refractivity contribution in [2.24, 2.45) is 17.8 Å². The largest absolute Gasteiger partial charge is 0.490 e. The van der Waals surface area contributed by atoms with E-state index in [1.807, 2.05) is 0 Å². The van der Waals surface area contributed by atoms with E-state index in [0.29, 0.717) is 30.5 Å². The Morgan fingerprint density at radius 3 is 2.36 bits per heavy atom. The summed E-state index contributed by atoms with van der Waals surface area (Å²) in [6.07, 6.45) is -2.44. The number of hydrogen-bond donors (Lipinski definition) is 2. The highest BCUT2D eigenvalue weighted by Gasteiger charge is 2.57. The fraction of sp³-hybridized carbons (Fsp3) is 0.625. The normalized spacial score (nSPS) is 23.3. The lowest BCUT2D eigenvalue weighted by Gasteiger charge is -2.42. The zero-order valence-corrected chi connectivity index (χ0v) is 20.8. The highest BCUT2D eigenvalue weighted by Crippen LogP contribution is 2.44. The fourth-order valence-corrected chi connectivity index (χ4v) is 5.30. The smallest absolute Gasteiger partial charge is 0.475 e. The van der Waals surface area contributed by atoms with Gasteiger partial charge in [0.25, 0.3) is 5.91 Å². The van der Waals surface area contributed by atoms with Crippen LogP contribution in [0.4, 0.5) is 17.6 Å². The predicted octanol–water partition coefficient (Wildman–Crippen LogP) is 3.81. The van der Waals surface area contributed by atoms with E-state index in [4.69, 9.17) is 21.5 Å². The third-order valence-corrected chi connectivity index (χ3v) is 7.50. The van der Waals surface area contributed by atoms with Crippen LogP contribution in [0, 0.1) is 23.6 Å². The molecule has 4 rings (SSSR count). The molecular weight excluding hydrogens is 506 g/mol. The lowest BCUT2D eigenvalue weighted by Crippen LogP contribution is -2.56. The Labute approximate surface area is 211 Å². The van der Waals surface area contributed by atoms with Crippen LogP contribution < -0.4 is 5.32 Å². The molecule has 0 bridgehead atoms. The second kappa shape index (κ2) is 10.9. The maximum atomic E-state index is 13.7. The Balaban J connectivity index is 0.000000454. The summed E-state index contributed by atoms with van der Waals surface area (Å²) in [6, 6.07) is 4.18. The number of carboxylic acid groups (broad SMARTS) is 1. The van der Waals surface area contributed by atoms with Gasteiger partial charge in [0.05, 0.1) is 10.9 Å². The van der Waals surface area contributed by atoms with Crippen LogP contribution in [0.3, 0.4) is 0 Å². The molecule has 3 saturated heterocycles. The molecule has 0 radical (unpaired) electrons. The summed E-state index contributed by atoms with van der Waals surface area (Å²) in [4.78, 5) is 38.5. The van der Waals surface area contributed by atoms with E-state index < -0.39 is 18.0 Å². The van der Waals surface area contributed by atoms with E-state index in [2.05, 4.69) is 24.1 Å². The molecular formula is C24H30ClF4N3O4. The number of likely N-dealkylation sites (tertiary alicyclic amines) is 2. The maximum Gasteiger partial charge on any atom is 0.490 e.